The zero-order chi connectivity index (χ0) is 20.1. The van der Waals surface area contributed by atoms with Gasteiger partial charge in [-0.05, 0) is 49.7 Å². The molecule has 1 atom stereocenters. The SMILES string of the molecule is CC(Oc1ccc(Cl)cc1)C(=O)N1CCCN(C(=O)c2ccccc2Cl)CC1. The number of hydrogen-bond donors (Lipinski definition) is 0. The van der Waals surface area contributed by atoms with Crippen LogP contribution in [0.25, 0.3) is 0 Å². The molecule has 1 aliphatic rings. The Morgan fingerprint density at radius 2 is 1.57 bits per heavy atom. The molecular weight excluding hydrogens is 399 g/mol. The van der Waals surface area contributed by atoms with Gasteiger partial charge in [0.25, 0.3) is 11.8 Å². The summed E-state index contributed by atoms with van der Waals surface area (Å²) in [6, 6.07) is 13.9. The second-order valence-corrected chi connectivity index (χ2v) is 7.51. The molecule has 0 aliphatic carbocycles. The monoisotopic (exact) mass is 420 g/mol. The molecule has 0 radical (unpaired) electrons. The van der Waals surface area contributed by atoms with E-state index in [1.807, 2.05) is 0 Å². The summed E-state index contributed by atoms with van der Waals surface area (Å²) >= 11 is 12.0. The lowest BCUT2D eigenvalue weighted by molar-refractivity contribution is -0.137. The van der Waals surface area contributed by atoms with Crippen molar-refractivity contribution in [1.29, 1.82) is 0 Å². The van der Waals surface area contributed by atoms with E-state index >= 15 is 0 Å². The number of ether oxygens (including phenoxy) is 1. The quantitative estimate of drug-likeness (QED) is 0.746. The van der Waals surface area contributed by atoms with Crippen molar-refractivity contribution in [3.63, 3.8) is 0 Å². The maximum atomic E-state index is 12.8. The summed E-state index contributed by atoms with van der Waals surface area (Å²) in [5, 5.41) is 1.05. The number of carbonyl (C=O) groups is 2. The molecule has 2 aromatic carbocycles. The Hall–Kier alpha value is -2.24. The fraction of sp³-hybridized carbons (Fsp3) is 0.333. The van der Waals surface area contributed by atoms with Crippen molar-refractivity contribution in [1.82, 2.24) is 9.80 Å². The molecule has 7 heteroatoms. The highest BCUT2D eigenvalue weighted by atomic mass is 35.5. The molecule has 0 spiro atoms. The van der Waals surface area contributed by atoms with Gasteiger partial charge in [-0.2, -0.15) is 0 Å². The first-order valence-corrected chi connectivity index (χ1v) is 9.96. The van der Waals surface area contributed by atoms with Crippen molar-refractivity contribution in [3.05, 3.63) is 64.1 Å². The molecule has 1 saturated heterocycles. The first-order chi connectivity index (χ1) is 13.5. The molecule has 3 rings (SSSR count). The Labute approximate surface area is 174 Å². The van der Waals surface area contributed by atoms with E-state index in [1.165, 1.54) is 0 Å². The molecule has 5 nitrogen and oxygen atoms in total. The molecule has 0 bridgehead atoms. The standard InChI is InChI=1S/C21H22Cl2N2O3/c1-15(28-17-9-7-16(22)8-10-17)20(26)24-11-4-12-25(14-13-24)21(27)18-5-2-3-6-19(18)23/h2-3,5-10,15H,4,11-14H2,1H3. The van der Waals surface area contributed by atoms with E-state index in [1.54, 1.807) is 65.3 Å². The fourth-order valence-corrected chi connectivity index (χ4v) is 3.51. The minimum Gasteiger partial charge on any atom is -0.481 e. The number of carbonyl (C=O) groups excluding carboxylic acids is 2. The topological polar surface area (TPSA) is 49.9 Å². The summed E-state index contributed by atoms with van der Waals surface area (Å²) in [7, 11) is 0. The van der Waals surface area contributed by atoms with Gasteiger partial charge in [0.15, 0.2) is 6.10 Å². The van der Waals surface area contributed by atoms with E-state index in [0.717, 1.165) is 0 Å². The van der Waals surface area contributed by atoms with Crippen LogP contribution in [0.1, 0.15) is 23.7 Å². The molecule has 1 heterocycles. The van der Waals surface area contributed by atoms with E-state index < -0.39 is 6.10 Å². The van der Waals surface area contributed by atoms with Gasteiger partial charge in [-0.25, -0.2) is 0 Å². The molecule has 0 aromatic heterocycles. The summed E-state index contributed by atoms with van der Waals surface area (Å²) in [5.74, 6) is 0.392. The summed E-state index contributed by atoms with van der Waals surface area (Å²) in [6.07, 6.45) is 0.0854. The minimum absolute atomic E-state index is 0.0954. The largest absolute Gasteiger partial charge is 0.481 e. The first-order valence-electron chi connectivity index (χ1n) is 9.20. The lowest BCUT2D eigenvalue weighted by Crippen LogP contribution is -2.43. The summed E-state index contributed by atoms with van der Waals surface area (Å²) in [5.41, 5.74) is 0.489. The summed E-state index contributed by atoms with van der Waals surface area (Å²) in [6.45, 7) is 3.82. The molecule has 0 saturated carbocycles. The van der Waals surface area contributed by atoms with Crippen LogP contribution in [0.5, 0.6) is 5.75 Å². The van der Waals surface area contributed by atoms with Crippen molar-refractivity contribution < 1.29 is 14.3 Å². The first kappa shape index (κ1) is 20.5. The molecule has 2 amide bonds. The van der Waals surface area contributed by atoms with Crippen molar-refractivity contribution in [2.24, 2.45) is 0 Å². The predicted molar refractivity (Wildman–Crippen MR) is 110 cm³/mol. The van der Waals surface area contributed by atoms with Gasteiger partial charge in [0.2, 0.25) is 0 Å². The average Bonchev–Trinajstić information content (AvgIpc) is 2.95. The number of hydrogen-bond acceptors (Lipinski definition) is 3. The Balaban J connectivity index is 1.59. The Morgan fingerprint density at radius 1 is 0.929 bits per heavy atom. The van der Waals surface area contributed by atoms with Gasteiger partial charge in [-0.15, -0.1) is 0 Å². The van der Waals surface area contributed by atoms with Gasteiger partial charge in [0.05, 0.1) is 10.6 Å². The highest BCUT2D eigenvalue weighted by Gasteiger charge is 2.27. The van der Waals surface area contributed by atoms with E-state index in [-0.39, 0.29) is 11.8 Å². The van der Waals surface area contributed by atoms with Crippen LogP contribution in [0.15, 0.2) is 48.5 Å². The zero-order valence-corrected chi connectivity index (χ0v) is 17.1. The number of rotatable bonds is 4. The van der Waals surface area contributed by atoms with Crippen LogP contribution < -0.4 is 4.74 Å². The van der Waals surface area contributed by atoms with Gasteiger partial charge in [0, 0.05) is 31.2 Å². The van der Waals surface area contributed by atoms with E-state index in [4.69, 9.17) is 27.9 Å². The van der Waals surface area contributed by atoms with E-state index in [9.17, 15) is 9.59 Å². The van der Waals surface area contributed by atoms with E-state index in [2.05, 4.69) is 0 Å². The minimum atomic E-state index is -0.619. The summed E-state index contributed by atoms with van der Waals surface area (Å²) in [4.78, 5) is 29.0. The molecule has 28 heavy (non-hydrogen) atoms. The Bertz CT molecular complexity index is 842. The summed E-state index contributed by atoms with van der Waals surface area (Å²) < 4.78 is 5.74. The van der Waals surface area contributed by atoms with Crippen LogP contribution in [0.3, 0.4) is 0 Å². The highest BCUT2D eigenvalue weighted by molar-refractivity contribution is 6.33. The molecule has 1 aliphatic heterocycles. The van der Waals surface area contributed by atoms with E-state index in [0.29, 0.717) is 54.0 Å². The van der Waals surface area contributed by atoms with Crippen LogP contribution in [0, 0.1) is 0 Å². The van der Waals surface area contributed by atoms with Crippen LogP contribution in [-0.2, 0) is 4.79 Å². The lowest BCUT2D eigenvalue weighted by Gasteiger charge is -2.25. The highest BCUT2D eigenvalue weighted by Crippen LogP contribution is 2.20. The smallest absolute Gasteiger partial charge is 0.263 e. The van der Waals surface area contributed by atoms with Crippen molar-refractivity contribution in [2.75, 3.05) is 26.2 Å². The van der Waals surface area contributed by atoms with Gasteiger partial charge in [-0.3, -0.25) is 9.59 Å². The van der Waals surface area contributed by atoms with Crippen molar-refractivity contribution in [2.45, 2.75) is 19.4 Å². The molecule has 2 aromatic rings. The maximum absolute atomic E-state index is 12.8. The van der Waals surface area contributed by atoms with Crippen molar-refractivity contribution >= 4 is 35.0 Å². The normalized spacial score (nSPS) is 15.7. The molecular formula is C21H22Cl2N2O3. The molecule has 1 fully saturated rings. The maximum Gasteiger partial charge on any atom is 0.263 e. The van der Waals surface area contributed by atoms with Gasteiger partial charge < -0.3 is 14.5 Å². The molecule has 148 valence electrons. The van der Waals surface area contributed by atoms with Crippen molar-refractivity contribution in [3.8, 4) is 5.75 Å². The van der Waals surface area contributed by atoms with Crippen LogP contribution in [0.4, 0.5) is 0 Å². The van der Waals surface area contributed by atoms with Crippen LogP contribution >= 0.6 is 23.2 Å². The molecule has 0 N–H and O–H groups in total. The van der Waals surface area contributed by atoms with Gasteiger partial charge in [0.1, 0.15) is 5.75 Å². The second kappa shape index (κ2) is 9.30. The number of halogens is 2. The van der Waals surface area contributed by atoms with Gasteiger partial charge in [-0.1, -0.05) is 35.3 Å². The number of nitrogens with zero attached hydrogens (tertiary/aromatic N) is 2. The number of benzene rings is 2. The number of amides is 2. The third-order valence-electron chi connectivity index (χ3n) is 4.67. The zero-order valence-electron chi connectivity index (χ0n) is 15.6. The van der Waals surface area contributed by atoms with Gasteiger partial charge >= 0.3 is 0 Å². The predicted octanol–water partition coefficient (Wildman–Crippen LogP) is 4.14. The third-order valence-corrected chi connectivity index (χ3v) is 5.25. The Kier molecular flexibility index (Phi) is 6.81. The van der Waals surface area contributed by atoms with Crippen LogP contribution in [0.2, 0.25) is 10.0 Å². The average molecular weight is 421 g/mol. The Morgan fingerprint density at radius 3 is 2.29 bits per heavy atom. The lowest BCUT2D eigenvalue weighted by atomic mass is 10.2. The third kappa shape index (κ3) is 4.97. The fourth-order valence-electron chi connectivity index (χ4n) is 3.17. The second-order valence-electron chi connectivity index (χ2n) is 6.66. The molecule has 1 unspecified atom stereocenters. The van der Waals surface area contributed by atoms with Crippen LogP contribution in [-0.4, -0.2) is 53.9 Å².